The number of carbonyl (C=O) groups is 1. The highest BCUT2D eigenvalue weighted by Crippen LogP contribution is 2.18. The fourth-order valence-corrected chi connectivity index (χ4v) is 2.07. The first kappa shape index (κ1) is 13.6. The van der Waals surface area contributed by atoms with Crippen LogP contribution in [0.3, 0.4) is 0 Å². The highest BCUT2D eigenvalue weighted by atomic mass is 79.9. The lowest BCUT2D eigenvalue weighted by molar-refractivity contribution is 0.102. The third kappa shape index (κ3) is 3.35. The molecule has 0 fully saturated rings. The van der Waals surface area contributed by atoms with E-state index in [1.54, 1.807) is 0 Å². The molecule has 0 aliphatic carbocycles. The minimum atomic E-state index is -0.0949. The number of rotatable bonds is 3. The molecular weight excluding hydrogens is 304 g/mol. The van der Waals surface area contributed by atoms with Gasteiger partial charge in [-0.3, -0.25) is 4.79 Å². The summed E-state index contributed by atoms with van der Waals surface area (Å²) < 4.78 is 0.986. The van der Waals surface area contributed by atoms with Gasteiger partial charge >= 0.3 is 0 Å². The second kappa shape index (κ2) is 5.89. The van der Waals surface area contributed by atoms with Gasteiger partial charge in [0.2, 0.25) is 0 Å². The quantitative estimate of drug-likeness (QED) is 0.896. The molecule has 0 saturated carbocycles. The molecule has 2 aromatic rings. The van der Waals surface area contributed by atoms with Crippen molar-refractivity contribution in [3.63, 3.8) is 0 Å². The van der Waals surface area contributed by atoms with Crippen LogP contribution in [-0.2, 0) is 0 Å². The van der Waals surface area contributed by atoms with Gasteiger partial charge in [0.05, 0.1) is 0 Å². The van der Waals surface area contributed by atoms with E-state index in [1.807, 2.05) is 56.4 Å². The third-order valence-electron chi connectivity index (χ3n) is 2.86. The van der Waals surface area contributed by atoms with E-state index in [0.29, 0.717) is 5.56 Å². The van der Waals surface area contributed by atoms with Crippen molar-refractivity contribution in [1.82, 2.24) is 0 Å². The van der Waals surface area contributed by atoms with Crippen LogP contribution in [0.1, 0.15) is 15.9 Å². The average molecular weight is 319 g/mol. The SMILES string of the molecule is CNc1ccc(C(=O)Nc2ccc(Br)cc2)c(C)c1. The van der Waals surface area contributed by atoms with Gasteiger partial charge < -0.3 is 10.6 Å². The Labute approximate surface area is 121 Å². The molecule has 0 unspecified atom stereocenters. The van der Waals surface area contributed by atoms with Crippen LogP contribution in [0.2, 0.25) is 0 Å². The fourth-order valence-electron chi connectivity index (χ4n) is 1.81. The van der Waals surface area contributed by atoms with Gasteiger partial charge in [-0.05, 0) is 55.0 Å². The molecule has 0 aliphatic rings. The summed E-state index contributed by atoms with van der Waals surface area (Å²) in [6.45, 7) is 1.93. The zero-order chi connectivity index (χ0) is 13.8. The normalized spacial score (nSPS) is 10.1. The number of hydrogen-bond donors (Lipinski definition) is 2. The number of hydrogen-bond acceptors (Lipinski definition) is 2. The number of benzene rings is 2. The lowest BCUT2D eigenvalue weighted by Gasteiger charge is -2.09. The Morgan fingerprint density at radius 3 is 2.26 bits per heavy atom. The van der Waals surface area contributed by atoms with Gasteiger partial charge in [-0.2, -0.15) is 0 Å². The average Bonchev–Trinajstić information content (AvgIpc) is 2.41. The third-order valence-corrected chi connectivity index (χ3v) is 3.39. The van der Waals surface area contributed by atoms with Crippen molar-refractivity contribution < 1.29 is 4.79 Å². The Hall–Kier alpha value is -1.81. The summed E-state index contributed by atoms with van der Waals surface area (Å²) >= 11 is 3.36. The minimum Gasteiger partial charge on any atom is -0.388 e. The Bertz CT molecular complexity index is 594. The van der Waals surface area contributed by atoms with Crippen LogP contribution >= 0.6 is 15.9 Å². The van der Waals surface area contributed by atoms with Crippen LogP contribution in [0, 0.1) is 6.92 Å². The van der Waals surface area contributed by atoms with Crippen molar-refractivity contribution in [2.75, 3.05) is 17.7 Å². The molecule has 0 aromatic heterocycles. The van der Waals surface area contributed by atoms with E-state index in [-0.39, 0.29) is 5.91 Å². The van der Waals surface area contributed by atoms with Crippen molar-refractivity contribution in [3.05, 3.63) is 58.1 Å². The Kier molecular flexibility index (Phi) is 4.22. The molecule has 0 atom stereocenters. The van der Waals surface area contributed by atoms with E-state index in [0.717, 1.165) is 21.4 Å². The second-order valence-corrected chi connectivity index (χ2v) is 5.16. The van der Waals surface area contributed by atoms with Crippen LogP contribution in [0.5, 0.6) is 0 Å². The molecule has 0 saturated heterocycles. The summed E-state index contributed by atoms with van der Waals surface area (Å²) in [5.74, 6) is -0.0949. The van der Waals surface area contributed by atoms with Gasteiger partial charge in [-0.15, -0.1) is 0 Å². The Morgan fingerprint density at radius 2 is 1.68 bits per heavy atom. The van der Waals surface area contributed by atoms with Gasteiger partial charge in [0, 0.05) is 28.5 Å². The van der Waals surface area contributed by atoms with E-state index >= 15 is 0 Å². The lowest BCUT2D eigenvalue weighted by Crippen LogP contribution is -2.13. The lowest BCUT2D eigenvalue weighted by atomic mass is 10.1. The predicted octanol–water partition coefficient (Wildman–Crippen LogP) is 4.05. The number of nitrogens with one attached hydrogen (secondary N) is 2. The molecule has 2 aromatic carbocycles. The molecular formula is C15H15BrN2O. The van der Waals surface area contributed by atoms with Gasteiger partial charge in [-0.1, -0.05) is 15.9 Å². The van der Waals surface area contributed by atoms with Crippen LogP contribution in [-0.4, -0.2) is 13.0 Å². The standard InChI is InChI=1S/C15H15BrN2O/c1-10-9-13(17-2)7-8-14(10)15(19)18-12-5-3-11(16)4-6-12/h3-9,17H,1-2H3,(H,18,19). The molecule has 0 bridgehead atoms. The van der Waals surface area contributed by atoms with Crippen molar-refractivity contribution in [3.8, 4) is 0 Å². The summed E-state index contributed by atoms with van der Waals surface area (Å²) in [6, 6.07) is 13.2. The first-order chi connectivity index (χ1) is 9.10. The zero-order valence-corrected chi connectivity index (χ0v) is 12.4. The summed E-state index contributed by atoms with van der Waals surface area (Å²) in [5.41, 5.74) is 3.41. The zero-order valence-electron chi connectivity index (χ0n) is 10.8. The summed E-state index contributed by atoms with van der Waals surface area (Å²) in [4.78, 5) is 12.2. The molecule has 0 aliphatic heterocycles. The van der Waals surface area contributed by atoms with E-state index in [4.69, 9.17) is 0 Å². The molecule has 19 heavy (non-hydrogen) atoms. The number of aryl methyl sites for hydroxylation is 1. The van der Waals surface area contributed by atoms with Crippen molar-refractivity contribution >= 4 is 33.2 Å². The first-order valence-corrected chi connectivity index (χ1v) is 6.75. The smallest absolute Gasteiger partial charge is 0.255 e. The summed E-state index contributed by atoms with van der Waals surface area (Å²) in [6.07, 6.45) is 0. The predicted molar refractivity (Wildman–Crippen MR) is 82.8 cm³/mol. The number of carbonyl (C=O) groups excluding carboxylic acids is 1. The van der Waals surface area contributed by atoms with Gasteiger partial charge in [0.15, 0.2) is 0 Å². The maximum absolute atomic E-state index is 12.2. The Morgan fingerprint density at radius 1 is 1.05 bits per heavy atom. The molecule has 2 N–H and O–H groups in total. The number of amides is 1. The van der Waals surface area contributed by atoms with E-state index in [2.05, 4.69) is 26.6 Å². The maximum atomic E-state index is 12.2. The topological polar surface area (TPSA) is 41.1 Å². The van der Waals surface area contributed by atoms with E-state index in [1.165, 1.54) is 0 Å². The van der Waals surface area contributed by atoms with Crippen LogP contribution in [0.15, 0.2) is 46.9 Å². The van der Waals surface area contributed by atoms with Crippen LogP contribution < -0.4 is 10.6 Å². The maximum Gasteiger partial charge on any atom is 0.255 e. The molecule has 4 heteroatoms. The molecule has 98 valence electrons. The molecule has 0 spiro atoms. The molecule has 3 nitrogen and oxygen atoms in total. The largest absolute Gasteiger partial charge is 0.388 e. The minimum absolute atomic E-state index is 0.0949. The van der Waals surface area contributed by atoms with Crippen molar-refractivity contribution in [2.24, 2.45) is 0 Å². The first-order valence-electron chi connectivity index (χ1n) is 5.95. The monoisotopic (exact) mass is 318 g/mol. The molecule has 0 radical (unpaired) electrons. The van der Waals surface area contributed by atoms with Crippen LogP contribution in [0.25, 0.3) is 0 Å². The van der Waals surface area contributed by atoms with Gasteiger partial charge in [0.25, 0.3) is 5.91 Å². The van der Waals surface area contributed by atoms with Crippen molar-refractivity contribution in [1.29, 1.82) is 0 Å². The molecule has 2 rings (SSSR count). The summed E-state index contributed by atoms with van der Waals surface area (Å²) in [7, 11) is 1.86. The van der Waals surface area contributed by atoms with Crippen molar-refractivity contribution in [2.45, 2.75) is 6.92 Å². The second-order valence-electron chi connectivity index (χ2n) is 4.24. The Balaban J connectivity index is 2.18. The van der Waals surface area contributed by atoms with E-state index in [9.17, 15) is 4.79 Å². The highest BCUT2D eigenvalue weighted by Gasteiger charge is 2.09. The number of anilines is 2. The molecule has 1 amide bonds. The van der Waals surface area contributed by atoms with Gasteiger partial charge in [0.1, 0.15) is 0 Å². The summed E-state index contributed by atoms with van der Waals surface area (Å²) in [5, 5.41) is 5.94. The molecule has 0 heterocycles. The number of halogens is 1. The van der Waals surface area contributed by atoms with Crippen LogP contribution in [0.4, 0.5) is 11.4 Å². The van der Waals surface area contributed by atoms with Gasteiger partial charge in [-0.25, -0.2) is 0 Å². The van der Waals surface area contributed by atoms with E-state index < -0.39 is 0 Å². The highest BCUT2D eigenvalue weighted by molar-refractivity contribution is 9.10. The fraction of sp³-hybridized carbons (Fsp3) is 0.133.